The van der Waals surface area contributed by atoms with Crippen LogP contribution < -0.4 is 4.90 Å². The third-order valence-corrected chi connectivity index (χ3v) is 5.27. The van der Waals surface area contributed by atoms with Gasteiger partial charge in [0.05, 0.1) is 16.8 Å². The van der Waals surface area contributed by atoms with Crippen LogP contribution in [-0.2, 0) is 4.79 Å². The zero-order valence-corrected chi connectivity index (χ0v) is 13.7. The summed E-state index contributed by atoms with van der Waals surface area (Å²) in [5, 5.41) is 10.2. The number of hydrogen-bond donors (Lipinski definition) is 1. The maximum atomic E-state index is 12.8. The molecule has 0 aromatic heterocycles. The smallest absolute Gasteiger partial charge is 0.244 e. The number of likely N-dealkylation sites (tertiary alicyclic amines) is 1. The number of carbonyl (C=O) groups is 1. The Hall–Kier alpha value is -1.10. The largest absolute Gasteiger partial charge is 0.396 e. The Kier molecular flexibility index (Phi) is 4.44. The van der Waals surface area contributed by atoms with Gasteiger partial charge in [0, 0.05) is 25.1 Å². The lowest BCUT2D eigenvalue weighted by atomic mass is 9.82. The molecule has 2 atom stereocenters. The Balaban J connectivity index is 1.75. The van der Waals surface area contributed by atoms with Crippen LogP contribution in [-0.4, -0.2) is 48.2 Å². The van der Waals surface area contributed by atoms with Crippen LogP contribution in [0.5, 0.6) is 0 Å². The van der Waals surface area contributed by atoms with Crippen molar-refractivity contribution in [3.8, 4) is 0 Å². The molecule has 0 bridgehead atoms. The van der Waals surface area contributed by atoms with Gasteiger partial charge < -0.3 is 10.0 Å². The Bertz CT molecular complexity index is 565. The maximum absolute atomic E-state index is 12.8. The standard InChI is InChI=1S/C17H23ClN2O2/c1-17(12-21)8-4-9-19(11-17)15-7-10-20(16(15)22)14-6-3-2-5-13(14)18/h2-3,5-6,15,21H,4,7-12H2,1H3. The molecule has 5 heteroatoms. The van der Waals surface area contributed by atoms with Gasteiger partial charge in [-0.3, -0.25) is 9.69 Å². The Morgan fingerprint density at radius 1 is 1.36 bits per heavy atom. The molecule has 120 valence electrons. The molecule has 2 fully saturated rings. The molecule has 0 radical (unpaired) electrons. The summed E-state index contributed by atoms with van der Waals surface area (Å²) < 4.78 is 0. The second-order valence-corrected chi connectivity index (χ2v) is 7.20. The van der Waals surface area contributed by atoms with Crippen molar-refractivity contribution in [3.05, 3.63) is 29.3 Å². The van der Waals surface area contributed by atoms with E-state index in [0.29, 0.717) is 11.6 Å². The van der Waals surface area contributed by atoms with E-state index in [2.05, 4.69) is 11.8 Å². The Morgan fingerprint density at radius 3 is 2.86 bits per heavy atom. The van der Waals surface area contributed by atoms with E-state index in [1.54, 1.807) is 4.90 Å². The summed E-state index contributed by atoms with van der Waals surface area (Å²) in [6.45, 7) is 4.71. The molecule has 22 heavy (non-hydrogen) atoms. The van der Waals surface area contributed by atoms with Crippen LogP contribution in [0.15, 0.2) is 24.3 Å². The quantitative estimate of drug-likeness (QED) is 0.930. The Labute approximate surface area is 136 Å². The molecule has 2 unspecified atom stereocenters. The van der Waals surface area contributed by atoms with Gasteiger partial charge in [-0.15, -0.1) is 0 Å². The topological polar surface area (TPSA) is 43.8 Å². The molecule has 4 nitrogen and oxygen atoms in total. The van der Waals surface area contributed by atoms with Crippen LogP contribution in [0.25, 0.3) is 0 Å². The number of para-hydroxylation sites is 1. The summed E-state index contributed by atoms with van der Waals surface area (Å²) in [4.78, 5) is 16.9. The number of halogens is 1. The van der Waals surface area contributed by atoms with Gasteiger partial charge in [0.2, 0.25) is 5.91 Å². The third kappa shape index (κ3) is 2.87. The first-order chi connectivity index (χ1) is 10.5. The van der Waals surface area contributed by atoms with Crippen molar-refractivity contribution in [1.29, 1.82) is 0 Å². The minimum Gasteiger partial charge on any atom is -0.396 e. The lowest BCUT2D eigenvalue weighted by molar-refractivity contribution is -0.123. The molecule has 1 aromatic rings. The highest BCUT2D eigenvalue weighted by molar-refractivity contribution is 6.33. The number of hydrogen-bond acceptors (Lipinski definition) is 3. The van der Waals surface area contributed by atoms with E-state index in [4.69, 9.17) is 11.6 Å². The molecule has 0 spiro atoms. The second-order valence-electron chi connectivity index (χ2n) is 6.79. The lowest BCUT2D eigenvalue weighted by Gasteiger charge is -2.41. The summed E-state index contributed by atoms with van der Waals surface area (Å²) in [7, 11) is 0. The van der Waals surface area contributed by atoms with Crippen molar-refractivity contribution in [2.45, 2.75) is 32.2 Å². The molecular formula is C17H23ClN2O2. The van der Waals surface area contributed by atoms with Gasteiger partial charge in [-0.25, -0.2) is 0 Å². The first-order valence-corrected chi connectivity index (χ1v) is 8.33. The van der Waals surface area contributed by atoms with Gasteiger partial charge in [-0.1, -0.05) is 30.7 Å². The van der Waals surface area contributed by atoms with Crippen LogP contribution in [0.3, 0.4) is 0 Å². The van der Waals surface area contributed by atoms with Crippen LogP contribution in [0.4, 0.5) is 5.69 Å². The van der Waals surface area contributed by atoms with E-state index in [-0.39, 0.29) is 24.0 Å². The summed E-state index contributed by atoms with van der Waals surface area (Å²) >= 11 is 6.23. The van der Waals surface area contributed by atoms with Crippen LogP contribution in [0.2, 0.25) is 5.02 Å². The average Bonchev–Trinajstić information content (AvgIpc) is 2.89. The number of rotatable bonds is 3. The van der Waals surface area contributed by atoms with E-state index in [1.165, 1.54) is 0 Å². The highest BCUT2D eigenvalue weighted by Crippen LogP contribution is 2.34. The fourth-order valence-electron chi connectivity index (χ4n) is 3.67. The molecule has 0 saturated carbocycles. The van der Waals surface area contributed by atoms with Crippen molar-refractivity contribution >= 4 is 23.2 Å². The van der Waals surface area contributed by atoms with Crippen LogP contribution in [0.1, 0.15) is 26.2 Å². The Morgan fingerprint density at radius 2 is 2.14 bits per heavy atom. The zero-order valence-electron chi connectivity index (χ0n) is 13.0. The first kappa shape index (κ1) is 15.8. The maximum Gasteiger partial charge on any atom is 0.244 e. The van der Waals surface area contributed by atoms with Gasteiger partial charge >= 0.3 is 0 Å². The molecule has 1 amide bonds. The number of carbonyl (C=O) groups excluding carboxylic acids is 1. The number of aliphatic hydroxyl groups is 1. The van der Waals surface area contributed by atoms with Crippen LogP contribution >= 0.6 is 11.6 Å². The molecule has 2 saturated heterocycles. The number of piperidine rings is 1. The monoisotopic (exact) mass is 322 g/mol. The predicted octanol–water partition coefficient (Wildman–Crippen LogP) is 2.54. The zero-order chi connectivity index (χ0) is 15.7. The molecule has 2 aliphatic rings. The second kappa shape index (κ2) is 6.19. The van der Waals surface area contributed by atoms with Crippen molar-refractivity contribution < 1.29 is 9.90 Å². The van der Waals surface area contributed by atoms with Gasteiger partial charge in [0.25, 0.3) is 0 Å². The molecular weight excluding hydrogens is 300 g/mol. The van der Waals surface area contributed by atoms with E-state index in [9.17, 15) is 9.90 Å². The normalized spacial score (nSPS) is 30.0. The first-order valence-electron chi connectivity index (χ1n) is 7.95. The van der Waals surface area contributed by atoms with E-state index in [0.717, 1.165) is 38.0 Å². The highest BCUT2D eigenvalue weighted by Gasteiger charge is 2.41. The fraction of sp³-hybridized carbons (Fsp3) is 0.588. The molecule has 0 aliphatic carbocycles. The van der Waals surface area contributed by atoms with Crippen molar-refractivity contribution in [1.82, 2.24) is 4.90 Å². The fourth-order valence-corrected chi connectivity index (χ4v) is 3.90. The number of nitrogens with zero attached hydrogens (tertiary/aromatic N) is 2. The SMILES string of the molecule is CC1(CO)CCCN(C2CCN(c3ccccc3Cl)C2=O)C1. The lowest BCUT2D eigenvalue weighted by Crippen LogP contribution is -2.51. The van der Waals surface area contributed by atoms with Crippen molar-refractivity contribution in [2.24, 2.45) is 5.41 Å². The molecule has 2 aliphatic heterocycles. The molecule has 1 N–H and O–H groups in total. The predicted molar refractivity (Wildman–Crippen MR) is 88.2 cm³/mol. The van der Waals surface area contributed by atoms with Gasteiger partial charge in [-0.05, 0) is 37.9 Å². The van der Waals surface area contributed by atoms with E-state index < -0.39 is 0 Å². The molecule has 3 rings (SSSR count). The minimum absolute atomic E-state index is 0.0811. The molecule has 2 heterocycles. The number of amides is 1. The van der Waals surface area contributed by atoms with Gasteiger partial charge in [-0.2, -0.15) is 0 Å². The van der Waals surface area contributed by atoms with E-state index >= 15 is 0 Å². The summed E-state index contributed by atoms with van der Waals surface area (Å²) in [6, 6.07) is 7.42. The van der Waals surface area contributed by atoms with Gasteiger partial charge in [0.15, 0.2) is 0 Å². The minimum atomic E-state index is -0.0870. The summed E-state index contributed by atoms with van der Waals surface area (Å²) in [6.07, 6.45) is 2.88. The average molecular weight is 323 g/mol. The van der Waals surface area contributed by atoms with Gasteiger partial charge in [0.1, 0.15) is 0 Å². The summed E-state index contributed by atoms with van der Waals surface area (Å²) in [5.41, 5.74) is 0.717. The number of anilines is 1. The van der Waals surface area contributed by atoms with Crippen molar-refractivity contribution in [3.63, 3.8) is 0 Å². The van der Waals surface area contributed by atoms with E-state index in [1.807, 2.05) is 24.3 Å². The summed E-state index contributed by atoms with van der Waals surface area (Å²) in [5.74, 6) is 0.135. The van der Waals surface area contributed by atoms with Crippen LogP contribution in [0, 0.1) is 5.41 Å². The highest BCUT2D eigenvalue weighted by atomic mass is 35.5. The third-order valence-electron chi connectivity index (χ3n) is 4.95. The number of aliphatic hydroxyl groups excluding tert-OH is 1. The van der Waals surface area contributed by atoms with Crippen molar-refractivity contribution in [2.75, 3.05) is 31.1 Å². The molecule has 1 aromatic carbocycles. The number of benzene rings is 1.